The van der Waals surface area contributed by atoms with Gasteiger partial charge in [-0.05, 0) is 29.2 Å². The molecule has 0 aromatic heterocycles. The fourth-order valence-electron chi connectivity index (χ4n) is 4.08. The first-order valence-corrected chi connectivity index (χ1v) is 11.6. The molecule has 0 atom stereocenters. The van der Waals surface area contributed by atoms with Crippen molar-refractivity contribution in [2.75, 3.05) is 36.1 Å². The molecule has 3 aromatic rings. The van der Waals surface area contributed by atoms with E-state index < -0.39 is 0 Å². The van der Waals surface area contributed by atoms with Gasteiger partial charge in [0.1, 0.15) is 5.69 Å². The number of fused-ring (bicyclic) bond motifs is 1. The second-order valence-electron chi connectivity index (χ2n) is 7.62. The SMILES string of the molecule is O=C1/C(=C\c2ccc(N3CCOCC3)c([N+](=O)[O-])c2)SC(=S)N1c1cccc2ccccc12. The van der Waals surface area contributed by atoms with E-state index >= 15 is 0 Å². The molecule has 166 valence electrons. The smallest absolute Gasteiger partial charge is 0.293 e. The van der Waals surface area contributed by atoms with Gasteiger partial charge in [-0.25, -0.2) is 0 Å². The Balaban J connectivity index is 1.49. The predicted molar refractivity (Wildman–Crippen MR) is 136 cm³/mol. The van der Waals surface area contributed by atoms with Crippen LogP contribution in [0.5, 0.6) is 0 Å². The molecule has 0 aliphatic carbocycles. The van der Waals surface area contributed by atoms with E-state index in [0.717, 1.165) is 16.5 Å². The minimum absolute atomic E-state index is 0.00943. The summed E-state index contributed by atoms with van der Waals surface area (Å²) in [5, 5.41) is 13.7. The highest BCUT2D eigenvalue weighted by atomic mass is 32.2. The van der Waals surface area contributed by atoms with Gasteiger partial charge in [-0.1, -0.05) is 66.4 Å². The molecule has 2 heterocycles. The van der Waals surface area contributed by atoms with E-state index in [9.17, 15) is 14.9 Å². The van der Waals surface area contributed by atoms with Gasteiger partial charge in [-0.2, -0.15) is 0 Å². The Hall–Kier alpha value is -3.27. The largest absolute Gasteiger partial charge is 0.378 e. The number of ether oxygens (including phenoxy) is 1. The summed E-state index contributed by atoms with van der Waals surface area (Å²) in [4.78, 5) is 28.6. The summed E-state index contributed by atoms with van der Waals surface area (Å²) in [7, 11) is 0. The Morgan fingerprint density at radius 2 is 1.79 bits per heavy atom. The third kappa shape index (κ3) is 4.10. The minimum Gasteiger partial charge on any atom is -0.378 e. The van der Waals surface area contributed by atoms with Crippen LogP contribution < -0.4 is 9.80 Å². The van der Waals surface area contributed by atoms with Crippen LogP contribution in [-0.4, -0.2) is 41.5 Å². The van der Waals surface area contributed by atoms with E-state index in [1.165, 1.54) is 22.7 Å². The number of thiocarbonyl (C=S) groups is 1. The third-order valence-corrected chi connectivity index (χ3v) is 6.95. The number of rotatable bonds is 4. The summed E-state index contributed by atoms with van der Waals surface area (Å²) >= 11 is 6.73. The molecular weight excluding hydrogens is 458 g/mol. The van der Waals surface area contributed by atoms with Gasteiger partial charge < -0.3 is 9.64 Å². The number of nitrogens with zero attached hydrogens (tertiary/aromatic N) is 3. The van der Waals surface area contributed by atoms with E-state index in [1.807, 2.05) is 47.4 Å². The molecule has 0 N–H and O–H groups in total. The van der Waals surface area contributed by atoms with E-state index in [1.54, 1.807) is 18.2 Å². The van der Waals surface area contributed by atoms with Gasteiger partial charge in [0, 0.05) is 24.5 Å². The van der Waals surface area contributed by atoms with E-state index in [-0.39, 0.29) is 16.5 Å². The van der Waals surface area contributed by atoms with Crippen LogP contribution in [0.3, 0.4) is 0 Å². The molecule has 0 unspecified atom stereocenters. The van der Waals surface area contributed by atoms with Gasteiger partial charge in [0.05, 0.1) is 28.7 Å². The van der Waals surface area contributed by atoms with Crippen molar-refractivity contribution in [2.45, 2.75) is 0 Å². The Bertz CT molecular complexity index is 1310. The minimum atomic E-state index is -0.385. The van der Waals surface area contributed by atoms with Gasteiger partial charge in [-0.3, -0.25) is 19.8 Å². The lowest BCUT2D eigenvalue weighted by Gasteiger charge is -2.28. The highest BCUT2D eigenvalue weighted by molar-refractivity contribution is 8.27. The molecule has 9 heteroatoms. The molecule has 0 radical (unpaired) electrons. The number of amides is 1. The number of nitro groups is 1. The zero-order chi connectivity index (χ0) is 22.9. The maximum absolute atomic E-state index is 13.3. The monoisotopic (exact) mass is 477 g/mol. The number of morpholine rings is 1. The van der Waals surface area contributed by atoms with Crippen LogP contribution in [0.4, 0.5) is 17.1 Å². The third-order valence-electron chi connectivity index (χ3n) is 5.65. The van der Waals surface area contributed by atoms with Gasteiger partial charge in [0.25, 0.3) is 11.6 Å². The highest BCUT2D eigenvalue weighted by Crippen LogP contribution is 2.39. The predicted octanol–water partition coefficient (Wildman–Crippen LogP) is 4.99. The van der Waals surface area contributed by atoms with Crippen LogP contribution >= 0.6 is 24.0 Å². The van der Waals surface area contributed by atoms with E-state index in [4.69, 9.17) is 17.0 Å². The number of hydrogen-bond donors (Lipinski definition) is 0. The van der Waals surface area contributed by atoms with Crippen molar-refractivity contribution in [1.82, 2.24) is 0 Å². The Labute approximate surface area is 199 Å². The molecule has 7 nitrogen and oxygen atoms in total. The molecule has 2 fully saturated rings. The molecule has 5 rings (SSSR count). The number of carbonyl (C=O) groups excluding carboxylic acids is 1. The fraction of sp³-hybridized carbons (Fsp3) is 0.167. The lowest BCUT2D eigenvalue weighted by Crippen LogP contribution is -2.36. The first kappa shape index (κ1) is 21.6. The fourth-order valence-corrected chi connectivity index (χ4v) is 5.36. The summed E-state index contributed by atoms with van der Waals surface area (Å²) in [5.41, 5.74) is 1.88. The van der Waals surface area contributed by atoms with Crippen molar-refractivity contribution in [3.05, 3.63) is 81.2 Å². The Kier molecular flexibility index (Phi) is 5.84. The topological polar surface area (TPSA) is 75.9 Å². The van der Waals surface area contributed by atoms with Gasteiger partial charge >= 0.3 is 0 Å². The molecule has 3 aromatic carbocycles. The molecule has 2 aliphatic heterocycles. The zero-order valence-electron chi connectivity index (χ0n) is 17.5. The number of nitro benzene ring substituents is 1. The maximum atomic E-state index is 13.3. The van der Waals surface area contributed by atoms with Gasteiger partial charge in [0.15, 0.2) is 4.32 Å². The van der Waals surface area contributed by atoms with Crippen LogP contribution in [0.25, 0.3) is 16.8 Å². The van der Waals surface area contributed by atoms with Crippen LogP contribution in [0, 0.1) is 10.1 Å². The van der Waals surface area contributed by atoms with Crippen LogP contribution in [-0.2, 0) is 9.53 Å². The summed E-state index contributed by atoms with van der Waals surface area (Å²) in [6, 6.07) is 18.6. The summed E-state index contributed by atoms with van der Waals surface area (Å²) in [6.45, 7) is 2.28. The van der Waals surface area contributed by atoms with Crippen LogP contribution in [0.15, 0.2) is 65.6 Å². The van der Waals surface area contributed by atoms with Crippen LogP contribution in [0.2, 0.25) is 0 Å². The molecule has 0 spiro atoms. The number of thioether (sulfide) groups is 1. The lowest BCUT2D eigenvalue weighted by atomic mass is 10.1. The first-order chi connectivity index (χ1) is 16.0. The van der Waals surface area contributed by atoms with Gasteiger partial charge in [-0.15, -0.1) is 0 Å². The van der Waals surface area contributed by atoms with Crippen molar-refractivity contribution < 1.29 is 14.5 Å². The zero-order valence-corrected chi connectivity index (χ0v) is 19.1. The number of carbonyl (C=O) groups is 1. The second-order valence-corrected chi connectivity index (χ2v) is 9.30. The average Bonchev–Trinajstić information content (AvgIpc) is 3.11. The summed E-state index contributed by atoms with van der Waals surface area (Å²) < 4.78 is 5.78. The highest BCUT2D eigenvalue weighted by Gasteiger charge is 2.34. The molecule has 0 bridgehead atoms. The van der Waals surface area contributed by atoms with Gasteiger partial charge in [0.2, 0.25) is 0 Å². The number of anilines is 2. The molecule has 33 heavy (non-hydrogen) atoms. The van der Waals surface area contributed by atoms with Crippen molar-refractivity contribution in [3.8, 4) is 0 Å². The molecule has 2 aliphatic rings. The van der Waals surface area contributed by atoms with Crippen molar-refractivity contribution in [3.63, 3.8) is 0 Å². The Morgan fingerprint density at radius 3 is 2.58 bits per heavy atom. The van der Waals surface area contributed by atoms with Crippen LogP contribution in [0.1, 0.15) is 5.56 Å². The first-order valence-electron chi connectivity index (χ1n) is 10.4. The van der Waals surface area contributed by atoms with Crippen molar-refractivity contribution >= 4 is 68.1 Å². The van der Waals surface area contributed by atoms with E-state index in [0.29, 0.717) is 46.8 Å². The molecule has 2 saturated heterocycles. The summed E-state index contributed by atoms with van der Waals surface area (Å²) in [5.74, 6) is -0.235. The second kappa shape index (κ2) is 8.93. The molecule has 1 amide bonds. The van der Waals surface area contributed by atoms with Crippen molar-refractivity contribution in [1.29, 1.82) is 0 Å². The number of benzene rings is 3. The quantitative estimate of drug-likeness (QED) is 0.227. The molecular formula is C24H19N3O4S2. The summed E-state index contributed by atoms with van der Waals surface area (Å²) in [6.07, 6.45) is 1.67. The number of hydrogen-bond acceptors (Lipinski definition) is 7. The molecule has 0 saturated carbocycles. The normalized spacial score (nSPS) is 17.9. The standard InChI is InChI=1S/C24H19N3O4S2/c28-23-22(33-24(32)26(23)19-7-3-5-17-4-1-2-6-18(17)19)15-16-8-9-20(21(14-16)27(29)30)25-10-12-31-13-11-25/h1-9,14-15H,10-13H2/b22-15+. The maximum Gasteiger partial charge on any atom is 0.293 e. The lowest BCUT2D eigenvalue weighted by molar-refractivity contribution is -0.384. The van der Waals surface area contributed by atoms with Crippen molar-refractivity contribution in [2.24, 2.45) is 0 Å². The van der Waals surface area contributed by atoms with E-state index in [2.05, 4.69) is 0 Å². The average molecular weight is 478 g/mol. The Morgan fingerprint density at radius 1 is 1.03 bits per heavy atom.